The van der Waals surface area contributed by atoms with Gasteiger partial charge in [0, 0.05) is 16.2 Å². The summed E-state index contributed by atoms with van der Waals surface area (Å²) in [7, 11) is 0. The molecule has 0 radical (unpaired) electrons. The molecule has 1 amide bonds. The van der Waals surface area contributed by atoms with Gasteiger partial charge in [-0.3, -0.25) is 4.79 Å². The number of carbonyl (C=O) groups is 1. The summed E-state index contributed by atoms with van der Waals surface area (Å²) >= 11 is 3.25. The predicted molar refractivity (Wildman–Crippen MR) is 77.5 cm³/mol. The van der Waals surface area contributed by atoms with Crippen LogP contribution in [0.3, 0.4) is 0 Å². The van der Waals surface area contributed by atoms with E-state index >= 15 is 0 Å². The summed E-state index contributed by atoms with van der Waals surface area (Å²) in [6, 6.07) is 7.47. The Bertz CT molecular complexity index is 617. The number of halogens is 2. The number of amides is 1. The van der Waals surface area contributed by atoms with Crippen molar-refractivity contribution in [2.75, 3.05) is 11.9 Å². The number of anilines is 1. The van der Waals surface area contributed by atoms with Crippen LogP contribution < -0.4 is 10.1 Å². The van der Waals surface area contributed by atoms with Crippen molar-refractivity contribution in [1.82, 2.24) is 4.98 Å². The number of nitrogens with zero attached hydrogens (tertiary/aromatic N) is 1. The second-order valence-electron chi connectivity index (χ2n) is 3.89. The minimum Gasteiger partial charge on any atom is -0.491 e. The summed E-state index contributed by atoms with van der Waals surface area (Å²) in [5.74, 6) is -0.469. The van der Waals surface area contributed by atoms with E-state index in [0.717, 1.165) is 10.5 Å². The summed E-state index contributed by atoms with van der Waals surface area (Å²) in [6.07, 6.45) is 1.56. The Morgan fingerprint density at radius 1 is 1.40 bits per heavy atom. The molecular formula is C14H12BrFN2O2. The van der Waals surface area contributed by atoms with Crippen molar-refractivity contribution in [1.29, 1.82) is 0 Å². The fourth-order valence-electron chi connectivity index (χ4n) is 1.55. The molecule has 0 bridgehead atoms. The molecule has 0 aliphatic carbocycles. The van der Waals surface area contributed by atoms with E-state index in [1.54, 1.807) is 25.3 Å². The predicted octanol–water partition coefficient (Wildman–Crippen LogP) is 3.63. The number of hydrogen-bond acceptors (Lipinski definition) is 3. The van der Waals surface area contributed by atoms with Crippen LogP contribution in [0.2, 0.25) is 0 Å². The lowest BCUT2D eigenvalue weighted by molar-refractivity contribution is 0.102. The third-order valence-electron chi connectivity index (χ3n) is 2.46. The molecule has 4 nitrogen and oxygen atoms in total. The van der Waals surface area contributed by atoms with Gasteiger partial charge in [-0.25, -0.2) is 9.37 Å². The average molecular weight is 339 g/mol. The lowest BCUT2D eigenvalue weighted by Crippen LogP contribution is -2.13. The minimum absolute atomic E-state index is 0.130. The van der Waals surface area contributed by atoms with Crippen molar-refractivity contribution in [2.24, 2.45) is 0 Å². The maximum absolute atomic E-state index is 13.7. The summed E-state index contributed by atoms with van der Waals surface area (Å²) in [5, 5.41) is 2.59. The van der Waals surface area contributed by atoms with Crippen molar-refractivity contribution in [2.45, 2.75) is 6.92 Å². The zero-order valence-corrected chi connectivity index (χ0v) is 12.3. The van der Waals surface area contributed by atoms with E-state index in [2.05, 4.69) is 26.2 Å². The Morgan fingerprint density at radius 2 is 2.20 bits per heavy atom. The lowest BCUT2D eigenvalue weighted by Gasteiger charge is -2.07. The Labute approximate surface area is 124 Å². The molecule has 0 unspecified atom stereocenters. The van der Waals surface area contributed by atoms with E-state index in [-0.39, 0.29) is 11.3 Å². The van der Waals surface area contributed by atoms with Gasteiger partial charge in [0.2, 0.25) is 0 Å². The molecule has 0 saturated carbocycles. The highest BCUT2D eigenvalue weighted by atomic mass is 79.9. The quantitative estimate of drug-likeness (QED) is 0.925. The van der Waals surface area contributed by atoms with Crippen LogP contribution in [-0.2, 0) is 0 Å². The highest BCUT2D eigenvalue weighted by Crippen LogP contribution is 2.19. The minimum atomic E-state index is -0.566. The van der Waals surface area contributed by atoms with Gasteiger partial charge in [-0.2, -0.15) is 0 Å². The molecule has 6 heteroatoms. The highest BCUT2D eigenvalue weighted by Gasteiger charge is 2.11. The van der Waals surface area contributed by atoms with Crippen LogP contribution in [0.5, 0.6) is 5.75 Å². The molecule has 1 aromatic heterocycles. The van der Waals surface area contributed by atoms with Gasteiger partial charge >= 0.3 is 0 Å². The van der Waals surface area contributed by atoms with Gasteiger partial charge in [0.1, 0.15) is 5.82 Å². The first-order valence-electron chi connectivity index (χ1n) is 5.95. The van der Waals surface area contributed by atoms with E-state index in [1.165, 1.54) is 12.1 Å². The first-order chi connectivity index (χ1) is 9.60. The molecule has 0 fully saturated rings. The molecule has 20 heavy (non-hydrogen) atoms. The maximum atomic E-state index is 13.7. The van der Waals surface area contributed by atoms with E-state index in [1.807, 2.05) is 0 Å². The van der Waals surface area contributed by atoms with Crippen molar-refractivity contribution in [3.63, 3.8) is 0 Å². The fourth-order valence-corrected chi connectivity index (χ4v) is 1.79. The number of benzene rings is 1. The van der Waals surface area contributed by atoms with Crippen LogP contribution >= 0.6 is 15.9 Å². The summed E-state index contributed by atoms with van der Waals surface area (Å²) < 4.78 is 19.5. The SMILES string of the molecule is CCOc1ccc(C(=O)Nc2ccc(Br)cn2)cc1F. The number of pyridine rings is 1. The van der Waals surface area contributed by atoms with Gasteiger partial charge in [-0.15, -0.1) is 0 Å². The lowest BCUT2D eigenvalue weighted by atomic mass is 10.2. The molecule has 0 spiro atoms. The highest BCUT2D eigenvalue weighted by molar-refractivity contribution is 9.10. The molecule has 0 atom stereocenters. The van der Waals surface area contributed by atoms with Crippen molar-refractivity contribution in [3.05, 3.63) is 52.4 Å². The molecule has 104 valence electrons. The Balaban J connectivity index is 2.13. The fraction of sp³-hybridized carbons (Fsp3) is 0.143. The van der Waals surface area contributed by atoms with E-state index in [9.17, 15) is 9.18 Å². The first-order valence-corrected chi connectivity index (χ1v) is 6.74. The van der Waals surface area contributed by atoms with Crippen molar-refractivity contribution in [3.8, 4) is 5.75 Å². The van der Waals surface area contributed by atoms with Crippen molar-refractivity contribution >= 4 is 27.7 Å². The molecule has 1 N–H and O–H groups in total. The second-order valence-corrected chi connectivity index (χ2v) is 4.81. The standard InChI is InChI=1S/C14H12BrFN2O2/c1-2-20-12-5-3-9(7-11(12)16)14(19)18-13-6-4-10(15)8-17-13/h3-8H,2H2,1H3,(H,17,18,19). The number of hydrogen-bond donors (Lipinski definition) is 1. The van der Waals surface area contributed by atoms with Crippen LogP contribution in [0.4, 0.5) is 10.2 Å². The molecular weight excluding hydrogens is 327 g/mol. The molecule has 1 heterocycles. The molecule has 0 aliphatic heterocycles. The molecule has 0 aliphatic rings. The van der Waals surface area contributed by atoms with Crippen LogP contribution in [0.1, 0.15) is 17.3 Å². The number of aromatic nitrogens is 1. The summed E-state index contributed by atoms with van der Waals surface area (Å²) in [4.78, 5) is 16.0. The van der Waals surface area contributed by atoms with Gasteiger partial charge in [-0.1, -0.05) is 0 Å². The van der Waals surface area contributed by atoms with Crippen molar-refractivity contribution < 1.29 is 13.9 Å². The number of ether oxygens (including phenoxy) is 1. The topological polar surface area (TPSA) is 51.2 Å². The zero-order valence-electron chi connectivity index (χ0n) is 10.7. The second kappa shape index (κ2) is 6.47. The number of carbonyl (C=O) groups excluding carboxylic acids is 1. The number of rotatable bonds is 4. The van der Waals surface area contributed by atoms with Crippen LogP contribution in [0.15, 0.2) is 41.0 Å². The third-order valence-corrected chi connectivity index (χ3v) is 2.93. The molecule has 0 saturated heterocycles. The largest absolute Gasteiger partial charge is 0.491 e. The molecule has 1 aromatic carbocycles. The van der Waals surface area contributed by atoms with Gasteiger partial charge in [-0.05, 0) is 53.2 Å². The Kier molecular flexibility index (Phi) is 4.68. The maximum Gasteiger partial charge on any atom is 0.256 e. The zero-order chi connectivity index (χ0) is 14.5. The van der Waals surface area contributed by atoms with E-state index in [0.29, 0.717) is 12.4 Å². The third kappa shape index (κ3) is 3.54. The Morgan fingerprint density at radius 3 is 2.80 bits per heavy atom. The van der Waals surface area contributed by atoms with E-state index < -0.39 is 11.7 Å². The van der Waals surface area contributed by atoms with Crippen LogP contribution in [-0.4, -0.2) is 17.5 Å². The Hall–Kier alpha value is -1.95. The normalized spacial score (nSPS) is 10.2. The van der Waals surface area contributed by atoms with Crippen LogP contribution in [0, 0.1) is 5.82 Å². The molecule has 2 rings (SSSR count). The summed E-state index contributed by atoms with van der Waals surface area (Å²) in [5.41, 5.74) is 0.204. The monoisotopic (exact) mass is 338 g/mol. The first kappa shape index (κ1) is 14.5. The van der Waals surface area contributed by atoms with Gasteiger partial charge < -0.3 is 10.1 Å². The van der Waals surface area contributed by atoms with Gasteiger partial charge in [0.25, 0.3) is 5.91 Å². The van der Waals surface area contributed by atoms with E-state index in [4.69, 9.17) is 4.74 Å². The average Bonchev–Trinajstić information content (AvgIpc) is 2.44. The van der Waals surface area contributed by atoms with Gasteiger partial charge in [0.15, 0.2) is 11.6 Å². The smallest absolute Gasteiger partial charge is 0.256 e. The summed E-state index contributed by atoms with van der Waals surface area (Å²) in [6.45, 7) is 2.13. The van der Waals surface area contributed by atoms with Crippen LogP contribution in [0.25, 0.3) is 0 Å². The van der Waals surface area contributed by atoms with Gasteiger partial charge in [0.05, 0.1) is 6.61 Å². The molecule has 2 aromatic rings. The number of nitrogens with one attached hydrogen (secondary N) is 1.